The Labute approximate surface area is 125 Å². The molecular weight excluding hydrogens is 296 g/mol. The van der Waals surface area contributed by atoms with E-state index in [0.29, 0.717) is 10.6 Å². The molecular formula is C14H17ClN2O2S. The van der Waals surface area contributed by atoms with Gasteiger partial charge in [0.25, 0.3) is 10.0 Å². The summed E-state index contributed by atoms with van der Waals surface area (Å²) in [4.78, 5) is 4.20. The van der Waals surface area contributed by atoms with Crippen molar-refractivity contribution in [2.45, 2.75) is 18.7 Å². The molecule has 0 saturated heterocycles. The highest BCUT2D eigenvalue weighted by Gasteiger charge is 2.21. The van der Waals surface area contributed by atoms with E-state index in [1.54, 1.807) is 43.7 Å². The zero-order valence-electron chi connectivity index (χ0n) is 11.6. The Morgan fingerprint density at radius 2 is 1.50 bits per heavy atom. The third-order valence-electron chi connectivity index (χ3n) is 2.88. The van der Waals surface area contributed by atoms with Gasteiger partial charge in [0.2, 0.25) is 0 Å². The molecule has 2 aromatic rings. The molecule has 20 heavy (non-hydrogen) atoms. The van der Waals surface area contributed by atoms with E-state index in [0.717, 1.165) is 11.1 Å². The van der Waals surface area contributed by atoms with E-state index in [1.807, 2.05) is 19.9 Å². The molecule has 0 spiro atoms. The monoisotopic (exact) mass is 312 g/mol. The number of nitrogens with zero attached hydrogens (tertiary/aromatic N) is 2. The molecule has 0 saturated carbocycles. The van der Waals surface area contributed by atoms with Gasteiger partial charge in [-0.25, -0.2) is 8.42 Å². The molecule has 0 aliphatic heterocycles. The van der Waals surface area contributed by atoms with Crippen molar-refractivity contribution in [3.05, 3.63) is 53.9 Å². The van der Waals surface area contributed by atoms with Gasteiger partial charge in [0.15, 0.2) is 0 Å². The molecule has 1 aromatic heterocycles. The maximum atomic E-state index is 12.5. The third kappa shape index (κ3) is 3.29. The lowest BCUT2D eigenvalue weighted by molar-refractivity contribution is 0.594. The zero-order valence-corrected chi connectivity index (χ0v) is 13.2. The van der Waals surface area contributed by atoms with E-state index >= 15 is 0 Å². The molecule has 0 fully saturated rings. The first-order valence-corrected chi connectivity index (χ1v) is 7.32. The fraction of sp³-hybridized carbons (Fsp3) is 0.214. The van der Waals surface area contributed by atoms with Crippen molar-refractivity contribution < 1.29 is 8.42 Å². The fourth-order valence-corrected chi connectivity index (χ4v) is 3.32. The summed E-state index contributed by atoms with van der Waals surface area (Å²) in [7, 11) is -1.99. The van der Waals surface area contributed by atoms with Crippen molar-refractivity contribution >= 4 is 28.1 Å². The Hall–Kier alpha value is -1.59. The smallest absolute Gasteiger partial charge is 0.264 e. The van der Waals surface area contributed by atoms with Crippen LogP contribution in [-0.4, -0.2) is 20.4 Å². The molecule has 4 nitrogen and oxygen atoms in total. The van der Waals surface area contributed by atoms with Crippen LogP contribution in [0.3, 0.4) is 0 Å². The van der Waals surface area contributed by atoms with Crippen LogP contribution >= 0.6 is 12.4 Å². The normalized spacial score (nSPS) is 10.8. The average molecular weight is 313 g/mol. The van der Waals surface area contributed by atoms with Crippen LogP contribution < -0.4 is 4.31 Å². The van der Waals surface area contributed by atoms with Crippen LogP contribution in [0.5, 0.6) is 0 Å². The Balaban J connectivity index is 0.00000200. The molecule has 1 heterocycles. The number of hydrogen-bond donors (Lipinski definition) is 0. The highest BCUT2D eigenvalue weighted by atomic mass is 35.5. The van der Waals surface area contributed by atoms with Gasteiger partial charge in [0.05, 0.1) is 10.6 Å². The number of anilines is 1. The van der Waals surface area contributed by atoms with Gasteiger partial charge >= 0.3 is 0 Å². The van der Waals surface area contributed by atoms with E-state index in [9.17, 15) is 8.42 Å². The van der Waals surface area contributed by atoms with Crippen molar-refractivity contribution in [3.63, 3.8) is 0 Å². The first-order valence-electron chi connectivity index (χ1n) is 5.88. The zero-order chi connectivity index (χ0) is 14.0. The number of rotatable bonds is 3. The van der Waals surface area contributed by atoms with E-state index in [-0.39, 0.29) is 12.4 Å². The number of pyridine rings is 1. The van der Waals surface area contributed by atoms with Gasteiger partial charge in [-0.3, -0.25) is 9.29 Å². The van der Waals surface area contributed by atoms with Crippen LogP contribution in [-0.2, 0) is 10.0 Å². The fourth-order valence-electron chi connectivity index (χ4n) is 1.93. The second kappa shape index (κ2) is 6.24. The number of halogens is 1. The lowest BCUT2D eigenvalue weighted by Gasteiger charge is -2.19. The molecule has 1 aromatic carbocycles. The summed E-state index contributed by atoms with van der Waals surface area (Å²) in [6.45, 7) is 3.77. The second-order valence-electron chi connectivity index (χ2n) is 4.50. The van der Waals surface area contributed by atoms with Crippen LogP contribution in [0.4, 0.5) is 5.69 Å². The van der Waals surface area contributed by atoms with E-state index in [2.05, 4.69) is 4.98 Å². The summed E-state index contributed by atoms with van der Waals surface area (Å²) in [5.74, 6) is 0. The SMILES string of the molecule is Cc1cc(C)cc(S(=O)(=O)N(C)c2ccncc2)c1.Cl. The van der Waals surface area contributed by atoms with Crippen molar-refractivity contribution in [1.29, 1.82) is 0 Å². The number of hydrogen-bond acceptors (Lipinski definition) is 3. The molecule has 0 amide bonds. The van der Waals surface area contributed by atoms with Crippen molar-refractivity contribution in [3.8, 4) is 0 Å². The molecule has 0 bridgehead atoms. The minimum atomic E-state index is -3.53. The van der Waals surface area contributed by atoms with Gasteiger partial charge in [-0.2, -0.15) is 0 Å². The standard InChI is InChI=1S/C14H16N2O2S.ClH/c1-11-8-12(2)10-14(9-11)19(17,18)16(3)13-4-6-15-7-5-13;/h4-10H,1-3H3;1H. The first kappa shape index (κ1) is 16.5. The van der Waals surface area contributed by atoms with E-state index in [4.69, 9.17) is 0 Å². The third-order valence-corrected chi connectivity index (χ3v) is 4.64. The summed E-state index contributed by atoms with van der Waals surface area (Å²) in [6.07, 6.45) is 3.14. The quantitative estimate of drug-likeness (QED) is 0.875. The molecule has 108 valence electrons. The lowest BCUT2D eigenvalue weighted by atomic mass is 10.2. The molecule has 2 rings (SSSR count). The number of benzene rings is 1. The Morgan fingerprint density at radius 1 is 1.00 bits per heavy atom. The van der Waals surface area contributed by atoms with Crippen LogP contribution in [0.15, 0.2) is 47.6 Å². The molecule has 0 unspecified atom stereocenters. The molecule has 6 heteroatoms. The summed E-state index contributed by atoms with van der Waals surface area (Å²) in [6, 6.07) is 8.64. The van der Waals surface area contributed by atoms with Gasteiger partial charge in [-0.05, 0) is 49.2 Å². The maximum Gasteiger partial charge on any atom is 0.264 e. The highest BCUT2D eigenvalue weighted by molar-refractivity contribution is 7.92. The summed E-state index contributed by atoms with van der Waals surface area (Å²) >= 11 is 0. The largest absolute Gasteiger partial charge is 0.269 e. The summed E-state index contributed by atoms with van der Waals surface area (Å²) in [5, 5.41) is 0. The van der Waals surface area contributed by atoms with Crippen LogP contribution in [0.25, 0.3) is 0 Å². The Morgan fingerprint density at radius 3 is 2.00 bits per heavy atom. The molecule has 0 atom stereocenters. The van der Waals surface area contributed by atoms with Crippen molar-refractivity contribution in [2.75, 3.05) is 11.4 Å². The van der Waals surface area contributed by atoms with Crippen molar-refractivity contribution in [1.82, 2.24) is 4.98 Å². The predicted octanol–water partition coefficient (Wildman–Crippen LogP) is 2.95. The molecule has 0 N–H and O–H groups in total. The van der Waals surface area contributed by atoms with Crippen LogP contribution in [0.1, 0.15) is 11.1 Å². The minimum absolute atomic E-state index is 0. The van der Waals surface area contributed by atoms with Crippen molar-refractivity contribution in [2.24, 2.45) is 0 Å². The molecule has 0 radical (unpaired) electrons. The summed E-state index contributed by atoms with van der Waals surface area (Å²) in [5.41, 5.74) is 2.46. The number of aromatic nitrogens is 1. The number of sulfonamides is 1. The van der Waals surface area contributed by atoms with Crippen LogP contribution in [0.2, 0.25) is 0 Å². The van der Waals surface area contributed by atoms with E-state index < -0.39 is 10.0 Å². The van der Waals surface area contributed by atoms with Crippen LogP contribution in [0, 0.1) is 13.8 Å². The number of aryl methyl sites for hydroxylation is 2. The van der Waals surface area contributed by atoms with Gasteiger partial charge in [-0.1, -0.05) is 6.07 Å². The van der Waals surface area contributed by atoms with Gasteiger partial charge in [0.1, 0.15) is 0 Å². The average Bonchev–Trinajstić information content (AvgIpc) is 2.37. The Bertz CT molecular complexity index is 667. The van der Waals surface area contributed by atoms with Gasteiger partial charge in [-0.15, -0.1) is 12.4 Å². The topological polar surface area (TPSA) is 50.3 Å². The minimum Gasteiger partial charge on any atom is -0.269 e. The van der Waals surface area contributed by atoms with Gasteiger partial charge in [0, 0.05) is 19.4 Å². The summed E-state index contributed by atoms with van der Waals surface area (Å²) < 4.78 is 26.4. The maximum absolute atomic E-state index is 12.5. The first-order chi connectivity index (χ1) is 8.91. The van der Waals surface area contributed by atoms with Gasteiger partial charge < -0.3 is 0 Å². The highest BCUT2D eigenvalue weighted by Crippen LogP contribution is 2.22. The Kier molecular flexibility index (Phi) is 5.14. The van der Waals surface area contributed by atoms with E-state index in [1.165, 1.54) is 4.31 Å². The predicted molar refractivity (Wildman–Crippen MR) is 83.0 cm³/mol. The molecule has 0 aliphatic carbocycles. The second-order valence-corrected chi connectivity index (χ2v) is 6.47. The molecule has 0 aliphatic rings. The lowest BCUT2D eigenvalue weighted by Crippen LogP contribution is -2.26.